The van der Waals surface area contributed by atoms with Crippen molar-refractivity contribution in [2.45, 2.75) is 0 Å². The summed E-state index contributed by atoms with van der Waals surface area (Å²) in [6.07, 6.45) is 5.66. The first-order valence-electron chi connectivity index (χ1n) is 20.3. The van der Waals surface area contributed by atoms with Crippen LogP contribution >= 0.6 is 0 Å². The van der Waals surface area contributed by atoms with Gasteiger partial charge in [0.2, 0.25) is 0 Å². The van der Waals surface area contributed by atoms with Gasteiger partial charge in [0.25, 0.3) is 0 Å². The van der Waals surface area contributed by atoms with Crippen molar-refractivity contribution in [1.82, 2.24) is 15.0 Å². The SMILES string of the molecule is [Ir+3].c1ccc2c(-c3nccc4ccccc34)cccc2c1.c1ccc2c(-c3nccc4ccccc34)cccc2c1.c1ccc2c(-c3nccc4ccccc34)cccc2c1. The fourth-order valence-corrected chi connectivity index (χ4v) is 8.30. The molecule has 0 atom stereocenters. The Morgan fingerprint density at radius 3 is 0.689 bits per heavy atom. The van der Waals surface area contributed by atoms with Crippen molar-refractivity contribution in [3.05, 3.63) is 237 Å². The third kappa shape index (κ3) is 7.91. The Bertz CT molecular complexity index is 2840. The third-order valence-corrected chi connectivity index (χ3v) is 11.2. The average Bonchev–Trinajstić information content (AvgIpc) is 3.33. The molecule has 3 aromatic heterocycles. The molecule has 0 bridgehead atoms. The zero-order valence-electron chi connectivity index (χ0n) is 33.2. The van der Waals surface area contributed by atoms with Crippen LogP contribution in [0, 0.1) is 0 Å². The Hall–Kier alpha value is -7.36. The number of hydrogen-bond donors (Lipinski definition) is 0. The molecule has 0 fully saturated rings. The first-order valence-corrected chi connectivity index (χ1v) is 20.3. The molecule has 0 radical (unpaired) electrons. The Kier molecular flexibility index (Phi) is 11.5. The maximum atomic E-state index is 4.63. The molecule has 12 aromatic rings. The molecule has 4 heteroatoms. The summed E-state index contributed by atoms with van der Waals surface area (Å²) in [5.74, 6) is 0. The standard InChI is InChI=1S/3C19H13N.Ir/c3*1-3-9-16-14(6-1)8-5-11-18(16)19-17-10-4-2-7-15(17)12-13-20-19;/h3*1-13H;/q;;;+3. The second kappa shape index (κ2) is 17.9. The van der Waals surface area contributed by atoms with Crippen LogP contribution in [0.25, 0.3) is 98.4 Å². The van der Waals surface area contributed by atoms with Gasteiger partial charge in [0.05, 0.1) is 17.1 Å². The second-order valence-electron chi connectivity index (χ2n) is 14.7. The second-order valence-corrected chi connectivity index (χ2v) is 14.7. The van der Waals surface area contributed by atoms with Crippen molar-refractivity contribution in [2.24, 2.45) is 0 Å². The van der Waals surface area contributed by atoms with E-state index in [0.717, 1.165) is 17.1 Å². The van der Waals surface area contributed by atoms with E-state index in [0.29, 0.717) is 0 Å². The van der Waals surface area contributed by atoms with Crippen LogP contribution in [0.5, 0.6) is 0 Å². The van der Waals surface area contributed by atoms with Crippen LogP contribution < -0.4 is 0 Å². The Balaban J connectivity index is 0.000000116. The minimum Gasteiger partial charge on any atom is -0.256 e. The fraction of sp³-hybridized carbons (Fsp3) is 0. The molecule has 61 heavy (non-hydrogen) atoms. The summed E-state index contributed by atoms with van der Waals surface area (Å²) in [5, 5.41) is 14.8. The van der Waals surface area contributed by atoms with Gasteiger partial charge in [0.1, 0.15) is 0 Å². The van der Waals surface area contributed by atoms with Crippen LogP contribution in [0.4, 0.5) is 0 Å². The summed E-state index contributed by atoms with van der Waals surface area (Å²) in [6, 6.07) is 75.9. The van der Waals surface area contributed by atoms with E-state index in [2.05, 4.69) is 233 Å². The van der Waals surface area contributed by atoms with Crippen LogP contribution in [-0.2, 0) is 20.1 Å². The van der Waals surface area contributed by atoms with Gasteiger partial charge >= 0.3 is 20.1 Å². The van der Waals surface area contributed by atoms with Crippen LogP contribution in [0.1, 0.15) is 0 Å². The summed E-state index contributed by atoms with van der Waals surface area (Å²) in [6.45, 7) is 0. The first kappa shape index (κ1) is 39.1. The molecule has 288 valence electrons. The van der Waals surface area contributed by atoms with Gasteiger partial charge in [-0.2, -0.15) is 0 Å². The van der Waals surface area contributed by atoms with Gasteiger partial charge in [-0.25, -0.2) is 0 Å². The van der Waals surface area contributed by atoms with Gasteiger partial charge < -0.3 is 0 Å². The quantitative estimate of drug-likeness (QED) is 0.177. The topological polar surface area (TPSA) is 38.7 Å². The molecule has 0 amide bonds. The average molecular weight is 958 g/mol. The number of nitrogens with zero attached hydrogens (tertiary/aromatic N) is 3. The normalized spacial score (nSPS) is 10.8. The van der Waals surface area contributed by atoms with Crippen LogP contribution in [0.3, 0.4) is 0 Å². The smallest absolute Gasteiger partial charge is 0.256 e. The molecular formula is C57H39IrN3+3. The number of fused-ring (bicyclic) bond motifs is 6. The molecule has 12 rings (SSSR count). The van der Waals surface area contributed by atoms with E-state index >= 15 is 0 Å². The van der Waals surface area contributed by atoms with Crippen LogP contribution in [0.15, 0.2) is 237 Å². The fourth-order valence-electron chi connectivity index (χ4n) is 8.30. The van der Waals surface area contributed by atoms with Crippen molar-refractivity contribution in [3.8, 4) is 33.8 Å². The minimum absolute atomic E-state index is 0. The molecule has 3 nitrogen and oxygen atoms in total. The van der Waals surface area contributed by atoms with E-state index in [4.69, 9.17) is 0 Å². The summed E-state index contributed by atoms with van der Waals surface area (Å²) < 4.78 is 0. The zero-order chi connectivity index (χ0) is 40.1. The van der Waals surface area contributed by atoms with E-state index in [1.165, 1.54) is 81.3 Å². The molecule has 0 aliphatic rings. The molecule has 0 spiro atoms. The number of rotatable bonds is 3. The number of benzene rings is 9. The summed E-state index contributed by atoms with van der Waals surface area (Å²) >= 11 is 0. The molecule has 0 aliphatic heterocycles. The third-order valence-electron chi connectivity index (χ3n) is 11.2. The molecule has 9 aromatic carbocycles. The Morgan fingerprint density at radius 1 is 0.197 bits per heavy atom. The minimum atomic E-state index is 0. The molecule has 0 saturated carbocycles. The van der Waals surface area contributed by atoms with E-state index in [9.17, 15) is 0 Å². The Labute approximate surface area is 368 Å². The van der Waals surface area contributed by atoms with Crippen molar-refractivity contribution >= 4 is 64.6 Å². The van der Waals surface area contributed by atoms with Gasteiger partial charge in [-0.1, -0.05) is 200 Å². The van der Waals surface area contributed by atoms with Gasteiger partial charge in [-0.15, -0.1) is 0 Å². The first-order chi connectivity index (χ1) is 29.8. The van der Waals surface area contributed by atoms with E-state index in [1.807, 2.05) is 18.6 Å². The predicted octanol–water partition coefficient (Wildman–Crippen LogP) is 15.2. The predicted molar refractivity (Wildman–Crippen MR) is 254 cm³/mol. The summed E-state index contributed by atoms with van der Waals surface area (Å²) in [5.41, 5.74) is 6.75. The van der Waals surface area contributed by atoms with Crippen LogP contribution in [-0.4, -0.2) is 15.0 Å². The maximum absolute atomic E-state index is 4.63. The van der Waals surface area contributed by atoms with Gasteiger partial charge in [0.15, 0.2) is 0 Å². The molecule has 0 N–H and O–H groups in total. The molecule has 0 aliphatic carbocycles. The van der Waals surface area contributed by atoms with Crippen LogP contribution in [0.2, 0.25) is 0 Å². The van der Waals surface area contributed by atoms with Crippen molar-refractivity contribution in [1.29, 1.82) is 0 Å². The maximum Gasteiger partial charge on any atom is 3.00 e. The van der Waals surface area contributed by atoms with Gasteiger partial charge in [-0.05, 0) is 66.7 Å². The molecule has 3 heterocycles. The van der Waals surface area contributed by atoms with Gasteiger partial charge in [0, 0.05) is 51.4 Å². The largest absolute Gasteiger partial charge is 3.00 e. The summed E-state index contributed by atoms with van der Waals surface area (Å²) in [7, 11) is 0. The van der Waals surface area contributed by atoms with E-state index < -0.39 is 0 Å². The monoisotopic (exact) mass is 958 g/mol. The number of hydrogen-bond acceptors (Lipinski definition) is 3. The van der Waals surface area contributed by atoms with Gasteiger partial charge in [-0.3, -0.25) is 15.0 Å². The van der Waals surface area contributed by atoms with Crippen molar-refractivity contribution in [3.63, 3.8) is 0 Å². The van der Waals surface area contributed by atoms with Crippen molar-refractivity contribution < 1.29 is 20.1 Å². The molecule has 0 saturated heterocycles. The zero-order valence-corrected chi connectivity index (χ0v) is 35.6. The molecular weight excluding hydrogens is 919 g/mol. The van der Waals surface area contributed by atoms with Crippen molar-refractivity contribution in [2.75, 3.05) is 0 Å². The number of aromatic nitrogens is 3. The van der Waals surface area contributed by atoms with E-state index in [-0.39, 0.29) is 20.1 Å². The number of pyridine rings is 3. The van der Waals surface area contributed by atoms with E-state index in [1.54, 1.807) is 0 Å². The molecule has 0 unspecified atom stereocenters. The Morgan fingerprint density at radius 2 is 0.410 bits per heavy atom. The summed E-state index contributed by atoms with van der Waals surface area (Å²) in [4.78, 5) is 13.9.